The van der Waals surface area contributed by atoms with Gasteiger partial charge >= 0.3 is 5.97 Å². The standard InChI is InChI=1S/C12H10O4/c13-10(9-5-2-1-3-6-9)7-4-8-11(14)12(15)16/h1-7H,8H2,(H,15,16)/b7-4+. The summed E-state index contributed by atoms with van der Waals surface area (Å²) >= 11 is 0. The van der Waals surface area contributed by atoms with Crippen molar-refractivity contribution in [3.05, 3.63) is 48.0 Å². The van der Waals surface area contributed by atoms with Crippen LogP contribution >= 0.6 is 0 Å². The molecular formula is C12H10O4. The molecule has 0 atom stereocenters. The molecule has 1 aromatic carbocycles. The van der Waals surface area contributed by atoms with Crippen LogP contribution in [0.3, 0.4) is 0 Å². The van der Waals surface area contributed by atoms with Crippen LogP contribution in [0, 0.1) is 0 Å². The van der Waals surface area contributed by atoms with E-state index in [0.29, 0.717) is 5.56 Å². The number of hydrogen-bond acceptors (Lipinski definition) is 3. The lowest BCUT2D eigenvalue weighted by Crippen LogP contribution is -2.10. The zero-order valence-corrected chi connectivity index (χ0v) is 8.42. The molecular weight excluding hydrogens is 208 g/mol. The first kappa shape index (κ1) is 11.8. The Kier molecular flexibility index (Phi) is 4.15. The average Bonchev–Trinajstić information content (AvgIpc) is 2.29. The fourth-order valence-corrected chi connectivity index (χ4v) is 1.06. The lowest BCUT2D eigenvalue weighted by Gasteiger charge is -1.93. The summed E-state index contributed by atoms with van der Waals surface area (Å²) in [6.45, 7) is 0. The molecule has 0 aliphatic carbocycles. The van der Waals surface area contributed by atoms with Crippen molar-refractivity contribution < 1.29 is 19.5 Å². The monoisotopic (exact) mass is 218 g/mol. The molecule has 4 nitrogen and oxygen atoms in total. The highest BCUT2D eigenvalue weighted by molar-refractivity contribution is 6.33. The number of Topliss-reactive ketones (excluding diaryl/α,β-unsaturated/α-hetero) is 1. The Morgan fingerprint density at radius 1 is 1.12 bits per heavy atom. The van der Waals surface area contributed by atoms with Crippen molar-refractivity contribution in [2.45, 2.75) is 6.42 Å². The Bertz CT molecular complexity index is 432. The minimum atomic E-state index is -1.49. The minimum Gasteiger partial charge on any atom is -0.475 e. The number of rotatable bonds is 5. The molecule has 0 radical (unpaired) electrons. The first-order valence-electron chi connectivity index (χ1n) is 4.63. The second kappa shape index (κ2) is 5.60. The SMILES string of the molecule is O=C(O)C(=O)C/C=C/C(=O)c1ccccc1. The van der Waals surface area contributed by atoms with E-state index in [1.165, 1.54) is 12.2 Å². The quantitative estimate of drug-likeness (QED) is 0.461. The summed E-state index contributed by atoms with van der Waals surface area (Å²) in [5, 5.41) is 8.30. The van der Waals surface area contributed by atoms with E-state index in [2.05, 4.69) is 0 Å². The molecule has 1 N–H and O–H groups in total. The molecule has 1 aromatic rings. The Morgan fingerprint density at radius 2 is 1.75 bits per heavy atom. The van der Waals surface area contributed by atoms with Gasteiger partial charge < -0.3 is 5.11 Å². The van der Waals surface area contributed by atoms with Gasteiger partial charge in [-0.25, -0.2) is 4.79 Å². The molecule has 0 bridgehead atoms. The van der Waals surface area contributed by atoms with E-state index in [-0.39, 0.29) is 12.2 Å². The minimum absolute atomic E-state index is 0.251. The fraction of sp³-hybridized carbons (Fsp3) is 0.0833. The molecule has 0 aromatic heterocycles. The number of benzene rings is 1. The lowest BCUT2D eigenvalue weighted by molar-refractivity contribution is -0.148. The van der Waals surface area contributed by atoms with E-state index in [9.17, 15) is 14.4 Å². The van der Waals surface area contributed by atoms with E-state index in [1.807, 2.05) is 0 Å². The molecule has 0 spiro atoms. The van der Waals surface area contributed by atoms with Gasteiger partial charge in [0.1, 0.15) is 0 Å². The van der Waals surface area contributed by atoms with Gasteiger partial charge in [0.2, 0.25) is 5.78 Å². The molecule has 4 heteroatoms. The zero-order chi connectivity index (χ0) is 12.0. The molecule has 0 aliphatic rings. The van der Waals surface area contributed by atoms with Gasteiger partial charge in [0, 0.05) is 12.0 Å². The maximum atomic E-state index is 11.5. The number of hydrogen-bond donors (Lipinski definition) is 1. The number of ketones is 2. The van der Waals surface area contributed by atoms with E-state index in [0.717, 1.165) is 0 Å². The van der Waals surface area contributed by atoms with Crippen LogP contribution in [-0.2, 0) is 9.59 Å². The number of carbonyl (C=O) groups excluding carboxylic acids is 2. The largest absolute Gasteiger partial charge is 0.475 e. The highest BCUT2D eigenvalue weighted by Gasteiger charge is 2.08. The number of aliphatic carboxylic acids is 1. The molecule has 1 rings (SSSR count). The molecule has 0 aliphatic heterocycles. The van der Waals surface area contributed by atoms with Crippen LogP contribution in [0.25, 0.3) is 0 Å². The third-order valence-electron chi connectivity index (χ3n) is 1.87. The van der Waals surface area contributed by atoms with Gasteiger partial charge in [-0.1, -0.05) is 36.4 Å². The zero-order valence-electron chi connectivity index (χ0n) is 8.42. The molecule has 0 saturated carbocycles. The van der Waals surface area contributed by atoms with Crippen LogP contribution in [0.2, 0.25) is 0 Å². The van der Waals surface area contributed by atoms with Crippen molar-refractivity contribution in [3.63, 3.8) is 0 Å². The first-order valence-corrected chi connectivity index (χ1v) is 4.63. The maximum Gasteiger partial charge on any atom is 0.372 e. The number of allylic oxidation sites excluding steroid dienone is 2. The summed E-state index contributed by atoms with van der Waals surface area (Å²) in [5.41, 5.74) is 0.501. The van der Waals surface area contributed by atoms with Gasteiger partial charge in [0.05, 0.1) is 0 Å². The van der Waals surface area contributed by atoms with Crippen molar-refractivity contribution in [1.82, 2.24) is 0 Å². The van der Waals surface area contributed by atoms with Gasteiger partial charge in [-0.05, 0) is 6.08 Å². The van der Waals surface area contributed by atoms with Crippen LogP contribution < -0.4 is 0 Å². The number of carbonyl (C=O) groups is 3. The normalized spacial score (nSPS) is 10.2. The molecule has 0 saturated heterocycles. The second-order valence-corrected chi connectivity index (χ2v) is 3.07. The molecule has 16 heavy (non-hydrogen) atoms. The van der Waals surface area contributed by atoms with Crippen LogP contribution in [0.5, 0.6) is 0 Å². The Hall–Kier alpha value is -2.23. The van der Waals surface area contributed by atoms with E-state index < -0.39 is 11.8 Å². The summed E-state index contributed by atoms with van der Waals surface area (Å²) in [6.07, 6.45) is 2.19. The van der Waals surface area contributed by atoms with Gasteiger partial charge in [-0.15, -0.1) is 0 Å². The van der Waals surface area contributed by atoms with Crippen LogP contribution in [0.15, 0.2) is 42.5 Å². The number of carboxylic acids is 1. The predicted octanol–water partition coefficient (Wildman–Crippen LogP) is 1.47. The summed E-state index contributed by atoms with van der Waals surface area (Å²) in [7, 11) is 0. The Morgan fingerprint density at radius 3 is 2.31 bits per heavy atom. The summed E-state index contributed by atoms with van der Waals surface area (Å²) in [5.74, 6) is -2.67. The average molecular weight is 218 g/mol. The molecule has 82 valence electrons. The molecule has 0 fully saturated rings. The van der Waals surface area contributed by atoms with Crippen LogP contribution in [0.1, 0.15) is 16.8 Å². The fourth-order valence-electron chi connectivity index (χ4n) is 1.06. The van der Waals surface area contributed by atoms with Crippen molar-refractivity contribution in [1.29, 1.82) is 0 Å². The third kappa shape index (κ3) is 3.49. The summed E-state index contributed by atoms with van der Waals surface area (Å²) < 4.78 is 0. The molecule has 0 unspecified atom stereocenters. The van der Waals surface area contributed by atoms with Crippen molar-refractivity contribution >= 4 is 17.5 Å². The van der Waals surface area contributed by atoms with Crippen LogP contribution in [0.4, 0.5) is 0 Å². The van der Waals surface area contributed by atoms with Crippen molar-refractivity contribution in [2.75, 3.05) is 0 Å². The van der Waals surface area contributed by atoms with Gasteiger partial charge in [0.15, 0.2) is 5.78 Å². The van der Waals surface area contributed by atoms with Gasteiger partial charge in [-0.2, -0.15) is 0 Å². The number of carboxylic acid groups (broad SMARTS) is 1. The highest BCUT2D eigenvalue weighted by Crippen LogP contribution is 2.01. The third-order valence-corrected chi connectivity index (χ3v) is 1.87. The second-order valence-electron chi connectivity index (χ2n) is 3.07. The highest BCUT2D eigenvalue weighted by atomic mass is 16.4. The lowest BCUT2D eigenvalue weighted by atomic mass is 10.1. The molecule has 0 heterocycles. The summed E-state index contributed by atoms with van der Waals surface area (Å²) in [4.78, 5) is 32.3. The Balaban J connectivity index is 2.56. The molecule has 0 amide bonds. The van der Waals surface area contributed by atoms with Gasteiger partial charge in [-0.3, -0.25) is 9.59 Å². The van der Waals surface area contributed by atoms with Crippen molar-refractivity contribution in [2.24, 2.45) is 0 Å². The van der Waals surface area contributed by atoms with E-state index in [4.69, 9.17) is 5.11 Å². The van der Waals surface area contributed by atoms with E-state index >= 15 is 0 Å². The Labute approximate surface area is 92.2 Å². The smallest absolute Gasteiger partial charge is 0.372 e. The van der Waals surface area contributed by atoms with E-state index in [1.54, 1.807) is 30.3 Å². The van der Waals surface area contributed by atoms with Crippen molar-refractivity contribution in [3.8, 4) is 0 Å². The van der Waals surface area contributed by atoms with Crippen LogP contribution in [-0.4, -0.2) is 22.6 Å². The first-order chi connectivity index (χ1) is 7.61. The van der Waals surface area contributed by atoms with Gasteiger partial charge in [0.25, 0.3) is 0 Å². The summed E-state index contributed by atoms with van der Waals surface area (Å²) in [6, 6.07) is 8.53. The maximum absolute atomic E-state index is 11.5. The topological polar surface area (TPSA) is 71.4 Å². The predicted molar refractivity (Wildman–Crippen MR) is 57.2 cm³/mol.